The maximum absolute atomic E-state index is 12.7. The van der Waals surface area contributed by atoms with Crippen molar-refractivity contribution < 1.29 is 13.2 Å². The molecule has 1 aliphatic carbocycles. The van der Waals surface area contributed by atoms with Crippen molar-refractivity contribution in [1.29, 1.82) is 5.26 Å². The van der Waals surface area contributed by atoms with Gasteiger partial charge in [0.1, 0.15) is 10.9 Å². The van der Waals surface area contributed by atoms with Gasteiger partial charge in [-0.15, -0.1) is 11.3 Å². The Morgan fingerprint density at radius 1 is 1.37 bits per heavy atom. The Morgan fingerprint density at radius 3 is 2.79 bits per heavy atom. The number of rotatable bonds is 3. The highest BCUT2D eigenvalue weighted by molar-refractivity contribution is 7.12. The van der Waals surface area contributed by atoms with Crippen LogP contribution in [0.1, 0.15) is 35.4 Å². The minimum absolute atomic E-state index is 0.0759. The number of alkyl halides is 3. The number of halogens is 3. The van der Waals surface area contributed by atoms with Crippen LogP contribution in [0.15, 0.2) is 12.1 Å². The van der Waals surface area contributed by atoms with Crippen molar-refractivity contribution in [3.63, 3.8) is 0 Å². The molecule has 1 aromatic rings. The van der Waals surface area contributed by atoms with Crippen LogP contribution in [-0.2, 0) is 6.54 Å². The fourth-order valence-corrected chi connectivity index (χ4v) is 3.21. The number of hydrogen-bond acceptors (Lipinski definition) is 3. The van der Waals surface area contributed by atoms with E-state index >= 15 is 0 Å². The SMILES string of the molecule is N#Cc1ccc(CNC2CCCC(C(F)(F)F)C2)s1. The molecule has 104 valence electrons. The van der Waals surface area contributed by atoms with Gasteiger partial charge in [-0.3, -0.25) is 0 Å². The van der Waals surface area contributed by atoms with E-state index in [1.165, 1.54) is 11.3 Å². The number of nitrogens with one attached hydrogen (secondary N) is 1. The Bertz CT molecular complexity index is 461. The van der Waals surface area contributed by atoms with Gasteiger partial charge in [0, 0.05) is 17.5 Å². The summed E-state index contributed by atoms with van der Waals surface area (Å²) in [7, 11) is 0. The molecule has 1 aromatic heterocycles. The van der Waals surface area contributed by atoms with E-state index in [1.807, 2.05) is 6.07 Å². The van der Waals surface area contributed by atoms with Gasteiger partial charge in [-0.2, -0.15) is 18.4 Å². The molecule has 2 rings (SSSR count). The summed E-state index contributed by atoms with van der Waals surface area (Å²) in [4.78, 5) is 1.62. The standard InChI is InChI=1S/C13H15F3N2S/c14-13(15,16)9-2-1-3-10(6-9)18-8-12-5-4-11(7-17)19-12/h4-5,9-10,18H,1-3,6,8H2. The highest BCUT2D eigenvalue weighted by atomic mass is 32.1. The Balaban J connectivity index is 1.84. The Hall–Kier alpha value is -1.06. The summed E-state index contributed by atoms with van der Waals surface area (Å²) in [6, 6.07) is 5.56. The van der Waals surface area contributed by atoms with Crippen LogP contribution in [0.4, 0.5) is 13.2 Å². The van der Waals surface area contributed by atoms with Gasteiger partial charge >= 0.3 is 6.18 Å². The van der Waals surface area contributed by atoms with Crippen molar-refractivity contribution in [2.45, 2.75) is 44.4 Å². The molecular formula is C13H15F3N2S. The van der Waals surface area contributed by atoms with Gasteiger partial charge in [0.25, 0.3) is 0 Å². The average Bonchev–Trinajstić information content (AvgIpc) is 2.84. The molecule has 1 heterocycles. The Morgan fingerprint density at radius 2 is 2.16 bits per heavy atom. The monoisotopic (exact) mass is 288 g/mol. The van der Waals surface area contributed by atoms with E-state index in [0.29, 0.717) is 17.8 Å². The fraction of sp³-hybridized carbons (Fsp3) is 0.615. The minimum Gasteiger partial charge on any atom is -0.309 e. The smallest absolute Gasteiger partial charge is 0.309 e. The van der Waals surface area contributed by atoms with Crippen LogP contribution in [0.2, 0.25) is 0 Å². The first-order valence-electron chi connectivity index (χ1n) is 6.28. The maximum atomic E-state index is 12.7. The summed E-state index contributed by atoms with van der Waals surface area (Å²) in [6.45, 7) is 0.543. The number of nitriles is 1. The molecule has 2 atom stereocenters. The zero-order chi connectivity index (χ0) is 13.9. The third-order valence-corrected chi connectivity index (χ3v) is 4.46. The number of thiophene rings is 1. The van der Waals surface area contributed by atoms with E-state index in [-0.39, 0.29) is 18.9 Å². The zero-order valence-corrected chi connectivity index (χ0v) is 11.2. The number of nitrogens with zero attached hydrogens (tertiary/aromatic N) is 1. The lowest BCUT2D eigenvalue weighted by molar-refractivity contribution is -0.183. The zero-order valence-electron chi connectivity index (χ0n) is 10.3. The molecule has 6 heteroatoms. The Labute approximate surface area is 114 Å². The molecule has 2 unspecified atom stereocenters. The van der Waals surface area contributed by atoms with Gasteiger partial charge in [-0.1, -0.05) is 6.42 Å². The highest BCUT2D eigenvalue weighted by Gasteiger charge is 2.41. The van der Waals surface area contributed by atoms with Crippen molar-refractivity contribution in [3.8, 4) is 6.07 Å². The highest BCUT2D eigenvalue weighted by Crippen LogP contribution is 2.37. The van der Waals surface area contributed by atoms with Gasteiger partial charge in [-0.25, -0.2) is 0 Å². The van der Waals surface area contributed by atoms with Crippen molar-refractivity contribution in [2.24, 2.45) is 5.92 Å². The van der Waals surface area contributed by atoms with E-state index in [1.54, 1.807) is 6.07 Å². The van der Waals surface area contributed by atoms with E-state index in [9.17, 15) is 13.2 Å². The first kappa shape index (κ1) is 14.4. The van der Waals surface area contributed by atoms with Gasteiger partial charge in [-0.05, 0) is 31.4 Å². The molecule has 1 aliphatic rings. The predicted octanol–water partition coefficient (Wildman–Crippen LogP) is 3.83. The second-order valence-corrected chi connectivity index (χ2v) is 6.03. The molecule has 2 nitrogen and oxygen atoms in total. The molecule has 0 aromatic carbocycles. The lowest BCUT2D eigenvalue weighted by atomic mass is 9.85. The van der Waals surface area contributed by atoms with Crippen molar-refractivity contribution in [3.05, 3.63) is 21.9 Å². The largest absolute Gasteiger partial charge is 0.391 e. The van der Waals surface area contributed by atoms with Crippen molar-refractivity contribution in [1.82, 2.24) is 5.32 Å². The van der Waals surface area contributed by atoms with E-state index in [0.717, 1.165) is 11.3 Å². The van der Waals surface area contributed by atoms with Crippen LogP contribution < -0.4 is 5.32 Å². The topological polar surface area (TPSA) is 35.8 Å². The van der Waals surface area contributed by atoms with Gasteiger partial charge < -0.3 is 5.32 Å². The van der Waals surface area contributed by atoms with Crippen molar-refractivity contribution >= 4 is 11.3 Å². The maximum Gasteiger partial charge on any atom is 0.391 e. The molecule has 0 amide bonds. The van der Waals surface area contributed by atoms with Crippen LogP contribution >= 0.6 is 11.3 Å². The summed E-state index contributed by atoms with van der Waals surface area (Å²) >= 11 is 1.38. The summed E-state index contributed by atoms with van der Waals surface area (Å²) in [5.74, 6) is -1.17. The molecule has 1 saturated carbocycles. The first-order chi connectivity index (χ1) is 8.99. The normalized spacial score (nSPS) is 24.1. The second-order valence-electron chi connectivity index (χ2n) is 4.86. The van der Waals surface area contributed by atoms with Crippen LogP contribution in [0.5, 0.6) is 0 Å². The molecular weight excluding hydrogens is 273 g/mol. The van der Waals surface area contributed by atoms with E-state index in [4.69, 9.17) is 5.26 Å². The van der Waals surface area contributed by atoms with Crippen molar-refractivity contribution in [2.75, 3.05) is 0 Å². The quantitative estimate of drug-likeness (QED) is 0.917. The van der Waals surface area contributed by atoms with Gasteiger partial charge in [0.15, 0.2) is 0 Å². The van der Waals surface area contributed by atoms with Crippen LogP contribution in [0.25, 0.3) is 0 Å². The molecule has 19 heavy (non-hydrogen) atoms. The molecule has 0 aliphatic heterocycles. The lowest BCUT2D eigenvalue weighted by Crippen LogP contribution is -2.38. The predicted molar refractivity (Wildman–Crippen MR) is 67.7 cm³/mol. The fourth-order valence-electron chi connectivity index (χ4n) is 2.45. The molecule has 0 spiro atoms. The minimum atomic E-state index is -4.07. The third-order valence-electron chi connectivity index (χ3n) is 3.47. The summed E-state index contributed by atoms with van der Waals surface area (Å²) in [6.07, 6.45) is -2.24. The molecule has 0 bridgehead atoms. The average molecular weight is 288 g/mol. The summed E-state index contributed by atoms with van der Waals surface area (Å²) in [5, 5.41) is 11.9. The molecule has 0 radical (unpaired) electrons. The van der Waals surface area contributed by atoms with Crippen LogP contribution in [-0.4, -0.2) is 12.2 Å². The molecule has 1 N–H and O–H groups in total. The summed E-state index contributed by atoms with van der Waals surface area (Å²) in [5.41, 5.74) is 0. The van der Waals surface area contributed by atoms with Crippen LogP contribution in [0.3, 0.4) is 0 Å². The lowest BCUT2D eigenvalue weighted by Gasteiger charge is -2.31. The number of hydrogen-bond donors (Lipinski definition) is 1. The first-order valence-corrected chi connectivity index (χ1v) is 7.09. The molecule has 0 saturated heterocycles. The van der Waals surface area contributed by atoms with Gasteiger partial charge in [0.2, 0.25) is 0 Å². The second kappa shape index (κ2) is 5.93. The van der Waals surface area contributed by atoms with Crippen LogP contribution in [0, 0.1) is 17.2 Å². The summed E-state index contributed by atoms with van der Waals surface area (Å²) < 4.78 is 38.0. The van der Waals surface area contributed by atoms with E-state index < -0.39 is 12.1 Å². The van der Waals surface area contributed by atoms with Gasteiger partial charge in [0.05, 0.1) is 5.92 Å². The third kappa shape index (κ3) is 3.95. The van der Waals surface area contributed by atoms with E-state index in [2.05, 4.69) is 11.4 Å². The Kier molecular flexibility index (Phi) is 4.48. The molecule has 1 fully saturated rings.